The number of aryl methyl sites for hydroxylation is 1. The Labute approximate surface area is 126 Å². The first-order chi connectivity index (χ1) is 9.96. The zero-order valence-corrected chi connectivity index (χ0v) is 13.4. The number of nitrogens with one attached hydrogen (secondary N) is 1. The minimum absolute atomic E-state index is 0.201. The third kappa shape index (κ3) is 3.62. The zero-order valence-electron chi connectivity index (χ0n) is 12.6. The van der Waals surface area contributed by atoms with E-state index in [-0.39, 0.29) is 4.90 Å². The lowest BCUT2D eigenvalue weighted by atomic mass is 9.98. The van der Waals surface area contributed by atoms with Crippen LogP contribution in [0.15, 0.2) is 23.1 Å². The quantitative estimate of drug-likeness (QED) is 0.906. The van der Waals surface area contributed by atoms with Gasteiger partial charge in [0.15, 0.2) is 0 Å². The molecule has 0 unspecified atom stereocenters. The minimum atomic E-state index is -3.72. The molecule has 6 heteroatoms. The SMILES string of the molecule is CCNCC1CCN(S(=O)(=O)c2cccc(C)c2F)CC1. The highest BCUT2D eigenvalue weighted by Gasteiger charge is 2.31. The van der Waals surface area contributed by atoms with Crippen LogP contribution >= 0.6 is 0 Å². The molecule has 1 fully saturated rings. The monoisotopic (exact) mass is 314 g/mol. The van der Waals surface area contributed by atoms with Crippen molar-refractivity contribution in [2.45, 2.75) is 31.6 Å². The molecule has 1 saturated heterocycles. The summed E-state index contributed by atoms with van der Waals surface area (Å²) in [5.41, 5.74) is 0.359. The van der Waals surface area contributed by atoms with Gasteiger partial charge in [0.1, 0.15) is 10.7 Å². The highest BCUT2D eigenvalue weighted by atomic mass is 32.2. The van der Waals surface area contributed by atoms with Crippen LogP contribution in [0, 0.1) is 18.7 Å². The second kappa shape index (κ2) is 6.85. The number of hydrogen-bond donors (Lipinski definition) is 1. The van der Waals surface area contributed by atoms with Gasteiger partial charge >= 0.3 is 0 Å². The van der Waals surface area contributed by atoms with Crippen LogP contribution in [0.4, 0.5) is 4.39 Å². The fourth-order valence-corrected chi connectivity index (χ4v) is 4.27. The molecule has 1 aliphatic heterocycles. The minimum Gasteiger partial charge on any atom is -0.317 e. The number of halogens is 1. The molecule has 0 amide bonds. The standard InChI is InChI=1S/C15H23FN2O2S/c1-3-17-11-13-7-9-18(10-8-13)21(19,20)14-6-4-5-12(2)15(14)16/h4-6,13,17H,3,7-11H2,1-2H3. The zero-order chi connectivity index (χ0) is 15.5. The van der Waals surface area contributed by atoms with Gasteiger partial charge in [-0.15, -0.1) is 0 Å². The molecule has 0 atom stereocenters. The Hall–Kier alpha value is -0.980. The van der Waals surface area contributed by atoms with Crippen molar-refractivity contribution in [3.8, 4) is 0 Å². The van der Waals surface area contributed by atoms with Crippen molar-refractivity contribution < 1.29 is 12.8 Å². The molecule has 118 valence electrons. The first kappa shape index (κ1) is 16.4. The second-order valence-electron chi connectivity index (χ2n) is 5.54. The molecule has 0 saturated carbocycles. The van der Waals surface area contributed by atoms with E-state index < -0.39 is 15.8 Å². The summed E-state index contributed by atoms with van der Waals surface area (Å²) in [6, 6.07) is 4.52. The van der Waals surface area contributed by atoms with Gasteiger partial charge in [0, 0.05) is 13.1 Å². The largest absolute Gasteiger partial charge is 0.317 e. The molecule has 4 nitrogen and oxygen atoms in total. The number of benzene rings is 1. The molecular formula is C15H23FN2O2S. The molecular weight excluding hydrogens is 291 g/mol. The summed E-state index contributed by atoms with van der Waals surface area (Å²) < 4.78 is 40.6. The van der Waals surface area contributed by atoms with Gasteiger partial charge < -0.3 is 5.32 Å². The molecule has 0 aliphatic carbocycles. The van der Waals surface area contributed by atoms with E-state index >= 15 is 0 Å². The molecule has 2 rings (SSSR count). The van der Waals surface area contributed by atoms with Crippen molar-refractivity contribution in [2.24, 2.45) is 5.92 Å². The van der Waals surface area contributed by atoms with Crippen molar-refractivity contribution in [3.05, 3.63) is 29.6 Å². The van der Waals surface area contributed by atoms with Gasteiger partial charge in [-0.1, -0.05) is 19.1 Å². The summed E-state index contributed by atoms with van der Waals surface area (Å²) >= 11 is 0. The van der Waals surface area contributed by atoms with Crippen molar-refractivity contribution in [1.82, 2.24) is 9.62 Å². The number of sulfonamides is 1. The molecule has 1 aromatic carbocycles. The average molecular weight is 314 g/mol. The van der Waals surface area contributed by atoms with Crippen LogP contribution in [-0.2, 0) is 10.0 Å². The Morgan fingerprint density at radius 2 is 2.00 bits per heavy atom. The predicted octanol–water partition coefficient (Wildman–Crippen LogP) is 2.14. The van der Waals surface area contributed by atoms with Crippen molar-refractivity contribution in [3.63, 3.8) is 0 Å². The van der Waals surface area contributed by atoms with Crippen LogP contribution < -0.4 is 5.32 Å². The maximum atomic E-state index is 14.1. The van der Waals surface area contributed by atoms with E-state index in [2.05, 4.69) is 12.2 Å². The van der Waals surface area contributed by atoms with Crippen LogP contribution in [0.2, 0.25) is 0 Å². The van der Waals surface area contributed by atoms with Crippen LogP contribution in [-0.4, -0.2) is 38.9 Å². The lowest BCUT2D eigenvalue weighted by molar-refractivity contribution is 0.268. The fraction of sp³-hybridized carbons (Fsp3) is 0.600. The molecule has 0 bridgehead atoms. The van der Waals surface area contributed by atoms with Gasteiger partial charge in [-0.2, -0.15) is 4.31 Å². The summed E-state index contributed by atoms with van der Waals surface area (Å²) in [5.74, 6) is -0.133. The Morgan fingerprint density at radius 1 is 1.33 bits per heavy atom. The first-order valence-electron chi connectivity index (χ1n) is 7.42. The third-order valence-electron chi connectivity index (χ3n) is 4.03. The molecule has 1 aliphatic rings. The molecule has 21 heavy (non-hydrogen) atoms. The lowest BCUT2D eigenvalue weighted by Crippen LogP contribution is -2.41. The second-order valence-corrected chi connectivity index (χ2v) is 7.45. The summed E-state index contributed by atoms with van der Waals surface area (Å²) in [7, 11) is -3.72. The normalized spacial score (nSPS) is 18.0. The van der Waals surface area contributed by atoms with Crippen molar-refractivity contribution in [2.75, 3.05) is 26.2 Å². The molecule has 0 radical (unpaired) electrons. The Bertz CT molecular complexity index is 581. The van der Waals surface area contributed by atoms with E-state index in [4.69, 9.17) is 0 Å². The molecule has 0 spiro atoms. The highest BCUT2D eigenvalue weighted by molar-refractivity contribution is 7.89. The first-order valence-corrected chi connectivity index (χ1v) is 8.86. The number of piperidine rings is 1. The van der Waals surface area contributed by atoms with E-state index in [0.29, 0.717) is 24.6 Å². The Kier molecular flexibility index (Phi) is 5.35. The lowest BCUT2D eigenvalue weighted by Gasteiger charge is -2.31. The van der Waals surface area contributed by atoms with Crippen LogP contribution in [0.1, 0.15) is 25.3 Å². The van der Waals surface area contributed by atoms with Gasteiger partial charge in [-0.3, -0.25) is 0 Å². The van der Waals surface area contributed by atoms with Gasteiger partial charge in [-0.25, -0.2) is 12.8 Å². The van der Waals surface area contributed by atoms with Gasteiger partial charge in [-0.05, 0) is 50.4 Å². The highest BCUT2D eigenvalue weighted by Crippen LogP contribution is 2.26. The van der Waals surface area contributed by atoms with Crippen LogP contribution in [0.5, 0.6) is 0 Å². The number of hydrogen-bond acceptors (Lipinski definition) is 3. The molecule has 1 heterocycles. The summed E-state index contributed by atoms with van der Waals surface area (Å²) in [6.45, 7) is 6.41. The van der Waals surface area contributed by atoms with Crippen molar-refractivity contribution >= 4 is 10.0 Å². The van der Waals surface area contributed by atoms with Crippen molar-refractivity contribution in [1.29, 1.82) is 0 Å². The van der Waals surface area contributed by atoms with E-state index in [1.165, 1.54) is 10.4 Å². The maximum absolute atomic E-state index is 14.1. The predicted molar refractivity (Wildman–Crippen MR) is 81.2 cm³/mol. The Morgan fingerprint density at radius 3 is 2.62 bits per heavy atom. The fourth-order valence-electron chi connectivity index (χ4n) is 2.66. The van der Waals surface area contributed by atoms with E-state index in [1.807, 2.05) is 0 Å². The smallest absolute Gasteiger partial charge is 0.245 e. The maximum Gasteiger partial charge on any atom is 0.245 e. The molecule has 1 aromatic rings. The van der Waals surface area contributed by atoms with Gasteiger partial charge in [0.25, 0.3) is 0 Å². The van der Waals surface area contributed by atoms with Gasteiger partial charge in [0.05, 0.1) is 0 Å². The number of rotatable bonds is 5. The van der Waals surface area contributed by atoms with E-state index in [0.717, 1.165) is 25.9 Å². The summed E-state index contributed by atoms with van der Waals surface area (Å²) in [5, 5.41) is 3.29. The Balaban J connectivity index is 2.10. The third-order valence-corrected chi connectivity index (χ3v) is 5.95. The molecule has 1 N–H and O–H groups in total. The van der Waals surface area contributed by atoms with Crippen LogP contribution in [0.25, 0.3) is 0 Å². The summed E-state index contributed by atoms with van der Waals surface area (Å²) in [6.07, 6.45) is 1.64. The van der Waals surface area contributed by atoms with Gasteiger partial charge in [0.2, 0.25) is 10.0 Å². The summed E-state index contributed by atoms with van der Waals surface area (Å²) in [4.78, 5) is -0.201. The topological polar surface area (TPSA) is 49.4 Å². The van der Waals surface area contributed by atoms with E-state index in [1.54, 1.807) is 19.1 Å². The number of nitrogens with zero attached hydrogens (tertiary/aromatic N) is 1. The van der Waals surface area contributed by atoms with E-state index in [9.17, 15) is 12.8 Å². The molecule has 0 aromatic heterocycles. The average Bonchev–Trinajstić information content (AvgIpc) is 2.48. The van der Waals surface area contributed by atoms with Crippen LogP contribution in [0.3, 0.4) is 0 Å².